The number of rotatable bonds is 3. The van der Waals surface area contributed by atoms with Gasteiger partial charge in [-0.2, -0.15) is 0 Å². The van der Waals surface area contributed by atoms with Crippen LogP contribution in [0.3, 0.4) is 0 Å². The van der Waals surface area contributed by atoms with Gasteiger partial charge in [0.2, 0.25) is 11.8 Å². The summed E-state index contributed by atoms with van der Waals surface area (Å²) in [6.45, 7) is 0. The molecular weight excluding hydrogens is 408 g/mol. The second kappa shape index (κ2) is 7.16. The fraction of sp³-hybridized carbons (Fsp3) is 0.400. The molecule has 4 heterocycles. The fourth-order valence-electron chi connectivity index (χ4n) is 6.14. The molecule has 1 aliphatic carbocycles. The van der Waals surface area contributed by atoms with Crippen LogP contribution in [0.2, 0.25) is 0 Å². The number of likely N-dealkylation sites (tertiary alicyclic amines) is 1. The number of thiophene rings is 1. The van der Waals surface area contributed by atoms with Crippen molar-refractivity contribution in [2.45, 2.75) is 50.2 Å². The Hall–Kier alpha value is -2.73. The van der Waals surface area contributed by atoms with Gasteiger partial charge in [-0.05, 0) is 41.5 Å². The fourth-order valence-corrected chi connectivity index (χ4v) is 6.84. The van der Waals surface area contributed by atoms with Crippen molar-refractivity contribution >= 4 is 35.0 Å². The van der Waals surface area contributed by atoms with Gasteiger partial charge in [-0.3, -0.25) is 19.3 Å². The van der Waals surface area contributed by atoms with Crippen molar-refractivity contribution in [1.29, 1.82) is 0 Å². The summed E-state index contributed by atoms with van der Waals surface area (Å²) in [5.74, 6) is -1.40. The minimum atomic E-state index is -0.636. The van der Waals surface area contributed by atoms with Crippen LogP contribution in [0.5, 0.6) is 0 Å². The van der Waals surface area contributed by atoms with Crippen molar-refractivity contribution in [3.63, 3.8) is 0 Å². The Bertz CT molecular complexity index is 1090. The molecule has 4 atom stereocenters. The van der Waals surface area contributed by atoms with E-state index < -0.39 is 17.9 Å². The van der Waals surface area contributed by atoms with E-state index >= 15 is 0 Å². The number of hydrogen-bond acceptors (Lipinski definition) is 5. The van der Waals surface area contributed by atoms with Crippen molar-refractivity contribution in [3.8, 4) is 0 Å². The third-order valence-corrected chi connectivity index (χ3v) is 8.35. The number of fused-ring (bicyclic) bond motifs is 5. The number of benzene rings is 1. The Morgan fingerprint density at radius 2 is 1.71 bits per heavy atom. The highest BCUT2D eigenvalue weighted by Crippen LogP contribution is 2.54. The van der Waals surface area contributed by atoms with Gasteiger partial charge in [-0.25, -0.2) is 0 Å². The lowest BCUT2D eigenvalue weighted by Crippen LogP contribution is -2.47. The Kier molecular flexibility index (Phi) is 4.39. The van der Waals surface area contributed by atoms with Gasteiger partial charge in [0.25, 0.3) is 0 Å². The lowest BCUT2D eigenvalue weighted by atomic mass is 9.84. The second-order valence-electron chi connectivity index (χ2n) is 9.01. The highest BCUT2D eigenvalue weighted by atomic mass is 32.1. The summed E-state index contributed by atoms with van der Waals surface area (Å²) < 4.78 is 0. The molecule has 158 valence electrons. The summed E-state index contributed by atoms with van der Waals surface area (Å²) in [7, 11) is 0. The number of nitrogens with zero attached hydrogens (tertiary/aromatic N) is 2. The van der Waals surface area contributed by atoms with Crippen LogP contribution >= 0.6 is 11.3 Å². The molecule has 1 aromatic carbocycles. The van der Waals surface area contributed by atoms with Gasteiger partial charge < -0.3 is 4.90 Å². The maximum Gasteiger partial charge on any atom is 0.236 e. The molecule has 5 nitrogen and oxygen atoms in total. The largest absolute Gasteiger partial charge is 0.358 e. The Balaban J connectivity index is 1.47. The Morgan fingerprint density at radius 3 is 2.48 bits per heavy atom. The van der Waals surface area contributed by atoms with Crippen LogP contribution in [0.15, 0.2) is 48.0 Å². The predicted octanol–water partition coefficient (Wildman–Crippen LogP) is 4.27. The minimum Gasteiger partial charge on any atom is -0.358 e. The molecule has 1 aromatic heterocycles. The average molecular weight is 433 g/mol. The third-order valence-electron chi connectivity index (χ3n) is 7.47. The van der Waals surface area contributed by atoms with Crippen LogP contribution in [0.25, 0.3) is 6.08 Å². The van der Waals surface area contributed by atoms with Gasteiger partial charge in [0.1, 0.15) is 6.04 Å². The molecule has 0 radical (unpaired) electrons. The van der Waals surface area contributed by atoms with Crippen LogP contribution in [-0.2, 0) is 9.59 Å². The molecule has 3 fully saturated rings. The molecule has 0 N–H and O–H groups in total. The maximum atomic E-state index is 13.8. The number of carbonyl (C=O) groups excluding carboxylic acids is 3. The smallest absolute Gasteiger partial charge is 0.236 e. The number of carbonyl (C=O) groups is 3. The standard InChI is InChI=1S/C25H24N2O3S/c28-23(18-11-6-14-31-18)22-20-19(21-17-10-5-4-7-15(17)12-13-26(21)22)24(29)27(25(20)30)16-8-2-1-3-9-16/h4-7,10-14,16,19-22H,1-3,8-9H2/t19-,20-,21-,22+/m1/s1. The summed E-state index contributed by atoms with van der Waals surface area (Å²) in [6.07, 6.45) is 8.94. The minimum absolute atomic E-state index is 0.0142. The van der Waals surface area contributed by atoms with Gasteiger partial charge in [0, 0.05) is 12.2 Å². The maximum absolute atomic E-state index is 13.8. The summed E-state index contributed by atoms with van der Waals surface area (Å²) >= 11 is 1.40. The van der Waals surface area contributed by atoms with Crippen LogP contribution < -0.4 is 0 Å². The summed E-state index contributed by atoms with van der Waals surface area (Å²) in [5, 5.41) is 1.88. The van der Waals surface area contributed by atoms with E-state index in [-0.39, 0.29) is 29.7 Å². The van der Waals surface area contributed by atoms with E-state index in [4.69, 9.17) is 0 Å². The molecule has 6 heteroatoms. The van der Waals surface area contributed by atoms with Crippen LogP contribution in [0.4, 0.5) is 0 Å². The number of imide groups is 1. The lowest BCUT2D eigenvalue weighted by molar-refractivity contribution is -0.144. The van der Waals surface area contributed by atoms with E-state index in [1.54, 1.807) is 4.90 Å². The molecule has 2 aromatic rings. The zero-order chi connectivity index (χ0) is 21.1. The first-order valence-electron chi connectivity index (χ1n) is 11.2. The SMILES string of the molecule is O=C(c1cccs1)[C@@H]1[C@@H]2C(=O)N(C3CCCCC3)C(=O)[C@H]2[C@H]2c3ccccc3C=CN12. The molecular formula is C25H24N2O3S. The summed E-state index contributed by atoms with van der Waals surface area (Å²) in [4.78, 5) is 45.3. The van der Waals surface area contributed by atoms with E-state index in [0.717, 1.165) is 43.2 Å². The summed E-state index contributed by atoms with van der Waals surface area (Å²) in [6, 6.07) is 10.8. The molecule has 4 aliphatic rings. The summed E-state index contributed by atoms with van der Waals surface area (Å²) in [5.41, 5.74) is 2.09. The highest BCUT2D eigenvalue weighted by molar-refractivity contribution is 7.12. The molecule has 0 unspecified atom stereocenters. The van der Waals surface area contributed by atoms with E-state index in [1.807, 2.05) is 59.0 Å². The zero-order valence-corrected chi connectivity index (χ0v) is 18.0. The predicted molar refractivity (Wildman–Crippen MR) is 118 cm³/mol. The van der Waals surface area contributed by atoms with Gasteiger partial charge in [0.05, 0.1) is 22.8 Å². The topological polar surface area (TPSA) is 57.7 Å². The first-order chi connectivity index (χ1) is 15.2. The second-order valence-corrected chi connectivity index (χ2v) is 9.96. The molecule has 0 spiro atoms. The zero-order valence-electron chi connectivity index (χ0n) is 17.1. The van der Waals surface area contributed by atoms with Crippen LogP contribution in [-0.4, -0.2) is 39.5 Å². The molecule has 2 saturated heterocycles. The molecule has 31 heavy (non-hydrogen) atoms. The van der Waals surface area contributed by atoms with Gasteiger partial charge in [0.15, 0.2) is 5.78 Å². The van der Waals surface area contributed by atoms with Crippen molar-refractivity contribution in [1.82, 2.24) is 9.80 Å². The quantitative estimate of drug-likeness (QED) is 0.537. The molecule has 2 amide bonds. The highest BCUT2D eigenvalue weighted by Gasteiger charge is 2.65. The molecule has 0 bridgehead atoms. The number of hydrogen-bond donors (Lipinski definition) is 0. The lowest BCUT2D eigenvalue weighted by Gasteiger charge is -2.37. The normalized spacial score (nSPS) is 29.8. The van der Waals surface area contributed by atoms with Crippen LogP contribution in [0.1, 0.15) is 58.9 Å². The van der Waals surface area contributed by atoms with Gasteiger partial charge in [-0.1, -0.05) is 49.6 Å². The van der Waals surface area contributed by atoms with Crippen LogP contribution in [0, 0.1) is 11.8 Å². The first-order valence-corrected chi connectivity index (χ1v) is 12.0. The Labute approximate surface area is 185 Å². The molecule has 6 rings (SSSR count). The third kappa shape index (κ3) is 2.70. The van der Waals surface area contributed by atoms with Crippen molar-refractivity contribution < 1.29 is 14.4 Å². The van der Waals surface area contributed by atoms with Gasteiger partial charge in [-0.15, -0.1) is 11.3 Å². The number of Topliss-reactive ketones (excluding diaryl/α,β-unsaturated/α-hetero) is 1. The average Bonchev–Trinajstić information content (AvgIpc) is 3.50. The molecule has 3 aliphatic heterocycles. The number of amides is 2. The number of ketones is 1. The first kappa shape index (κ1) is 19.0. The van der Waals surface area contributed by atoms with Crippen molar-refractivity contribution in [2.24, 2.45) is 11.8 Å². The van der Waals surface area contributed by atoms with Crippen molar-refractivity contribution in [2.75, 3.05) is 0 Å². The van der Waals surface area contributed by atoms with Crippen molar-refractivity contribution in [3.05, 3.63) is 64.0 Å². The van der Waals surface area contributed by atoms with E-state index in [0.29, 0.717) is 4.88 Å². The Morgan fingerprint density at radius 1 is 0.935 bits per heavy atom. The van der Waals surface area contributed by atoms with E-state index in [2.05, 4.69) is 0 Å². The van der Waals surface area contributed by atoms with E-state index in [9.17, 15) is 14.4 Å². The molecule has 1 saturated carbocycles. The van der Waals surface area contributed by atoms with E-state index in [1.165, 1.54) is 11.3 Å². The monoisotopic (exact) mass is 432 g/mol. The van der Waals surface area contributed by atoms with Gasteiger partial charge >= 0.3 is 0 Å².